The molecule has 2 heterocycles. The highest BCUT2D eigenvalue weighted by Crippen LogP contribution is 2.43. The number of anilines is 1. The van der Waals surface area contributed by atoms with Gasteiger partial charge < -0.3 is 10.2 Å². The van der Waals surface area contributed by atoms with Crippen LogP contribution >= 0.6 is 0 Å². The van der Waals surface area contributed by atoms with E-state index >= 15 is 0 Å². The minimum atomic E-state index is -0.0144. The van der Waals surface area contributed by atoms with Gasteiger partial charge in [-0.25, -0.2) is 0 Å². The summed E-state index contributed by atoms with van der Waals surface area (Å²) in [5, 5.41) is 3.16. The molecule has 5 rings (SSSR count). The Morgan fingerprint density at radius 2 is 1.64 bits per heavy atom. The van der Waals surface area contributed by atoms with Crippen molar-refractivity contribution in [3.05, 3.63) is 89.0 Å². The summed E-state index contributed by atoms with van der Waals surface area (Å²) in [6, 6.07) is 22.8. The molecule has 0 spiro atoms. The lowest BCUT2D eigenvalue weighted by molar-refractivity contribution is -0.110. The zero-order valence-corrected chi connectivity index (χ0v) is 15.9. The first-order chi connectivity index (χ1) is 13.7. The molecule has 3 aromatic carbocycles. The van der Waals surface area contributed by atoms with Crippen molar-refractivity contribution in [2.75, 3.05) is 18.9 Å². The molecule has 0 saturated carbocycles. The second-order valence-electron chi connectivity index (χ2n) is 7.58. The van der Waals surface area contributed by atoms with E-state index in [0.717, 1.165) is 41.9 Å². The van der Waals surface area contributed by atoms with Gasteiger partial charge >= 0.3 is 0 Å². The molecule has 1 N–H and O–H groups in total. The van der Waals surface area contributed by atoms with Gasteiger partial charge in [-0.2, -0.15) is 0 Å². The number of hydrogen-bond acceptors (Lipinski definition) is 2. The summed E-state index contributed by atoms with van der Waals surface area (Å²) < 4.78 is 0. The van der Waals surface area contributed by atoms with Crippen LogP contribution in [0.5, 0.6) is 0 Å². The highest BCUT2D eigenvalue weighted by atomic mass is 16.2. The lowest BCUT2D eigenvalue weighted by Gasteiger charge is -2.29. The maximum Gasteiger partial charge on any atom is 0.256 e. The Labute approximate surface area is 165 Å². The van der Waals surface area contributed by atoms with Gasteiger partial charge in [0.05, 0.1) is 5.69 Å². The normalized spacial score (nSPS) is 17.3. The minimum Gasteiger partial charge on any atom is -0.321 e. The fourth-order valence-electron chi connectivity index (χ4n) is 4.28. The van der Waals surface area contributed by atoms with E-state index in [1.807, 2.05) is 42.5 Å². The van der Waals surface area contributed by atoms with Crippen LogP contribution in [0.15, 0.2) is 66.7 Å². The zero-order chi connectivity index (χ0) is 19.1. The number of hydrogen-bond donors (Lipinski definition) is 1. The number of nitrogens with zero attached hydrogens (tertiary/aromatic N) is 1. The van der Waals surface area contributed by atoms with Crippen LogP contribution in [0.4, 0.5) is 5.69 Å². The van der Waals surface area contributed by atoms with E-state index in [1.54, 1.807) is 0 Å². The van der Waals surface area contributed by atoms with Crippen LogP contribution < -0.4 is 5.32 Å². The topological polar surface area (TPSA) is 32.3 Å². The SMILES string of the molecule is CN1CCc2c(-c3ccccc3)cc3c(c2C1)NC(=O)C3=Cc1ccccc1. The molecule has 1 amide bonds. The third-order valence-corrected chi connectivity index (χ3v) is 5.69. The molecule has 0 saturated heterocycles. The maximum absolute atomic E-state index is 12.9. The first-order valence-corrected chi connectivity index (χ1v) is 9.72. The summed E-state index contributed by atoms with van der Waals surface area (Å²) in [7, 11) is 2.14. The van der Waals surface area contributed by atoms with Gasteiger partial charge in [-0.1, -0.05) is 60.7 Å². The molecule has 0 fully saturated rings. The van der Waals surface area contributed by atoms with E-state index in [-0.39, 0.29) is 5.91 Å². The van der Waals surface area contributed by atoms with Crippen molar-refractivity contribution < 1.29 is 4.79 Å². The number of carbonyl (C=O) groups excluding carboxylic acids is 1. The van der Waals surface area contributed by atoms with Crippen LogP contribution in [-0.4, -0.2) is 24.4 Å². The first kappa shape index (κ1) is 17.0. The second-order valence-corrected chi connectivity index (χ2v) is 7.58. The van der Waals surface area contributed by atoms with Crippen molar-refractivity contribution >= 4 is 23.2 Å². The number of benzene rings is 3. The minimum absolute atomic E-state index is 0.0144. The van der Waals surface area contributed by atoms with Gasteiger partial charge in [-0.05, 0) is 53.4 Å². The zero-order valence-electron chi connectivity index (χ0n) is 15.9. The van der Waals surface area contributed by atoms with Crippen molar-refractivity contribution in [2.24, 2.45) is 0 Å². The maximum atomic E-state index is 12.9. The van der Waals surface area contributed by atoms with Crippen LogP contribution in [0.3, 0.4) is 0 Å². The summed E-state index contributed by atoms with van der Waals surface area (Å²) in [6.07, 6.45) is 2.99. The first-order valence-electron chi connectivity index (χ1n) is 9.72. The van der Waals surface area contributed by atoms with Crippen molar-refractivity contribution in [3.8, 4) is 11.1 Å². The van der Waals surface area contributed by atoms with E-state index in [1.165, 1.54) is 22.3 Å². The fourth-order valence-corrected chi connectivity index (χ4v) is 4.28. The van der Waals surface area contributed by atoms with E-state index in [2.05, 4.69) is 47.6 Å². The van der Waals surface area contributed by atoms with Gasteiger partial charge in [0.25, 0.3) is 5.91 Å². The monoisotopic (exact) mass is 366 g/mol. The van der Waals surface area contributed by atoms with E-state index < -0.39 is 0 Å². The Bertz CT molecular complexity index is 1080. The van der Waals surface area contributed by atoms with Crippen LogP contribution in [0, 0.1) is 0 Å². The molecule has 0 radical (unpaired) electrons. The Hall–Kier alpha value is -3.17. The largest absolute Gasteiger partial charge is 0.321 e. The van der Waals surface area contributed by atoms with E-state index in [0.29, 0.717) is 0 Å². The fraction of sp³-hybridized carbons (Fsp3) is 0.160. The van der Waals surface area contributed by atoms with Gasteiger partial charge in [0.2, 0.25) is 0 Å². The van der Waals surface area contributed by atoms with E-state index in [9.17, 15) is 4.79 Å². The van der Waals surface area contributed by atoms with Crippen molar-refractivity contribution in [3.63, 3.8) is 0 Å². The average molecular weight is 366 g/mol. The third kappa shape index (κ3) is 2.85. The van der Waals surface area contributed by atoms with Crippen LogP contribution in [0.1, 0.15) is 22.3 Å². The van der Waals surface area contributed by atoms with Crippen LogP contribution in [0.2, 0.25) is 0 Å². The van der Waals surface area contributed by atoms with Gasteiger partial charge in [-0.15, -0.1) is 0 Å². The molecule has 2 aliphatic heterocycles. The molecule has 3 heteroatoms. The van der Waals surface area contributed by atoms with Crippen LogP contribution in [-0.2, 0) is 17.8 Å². The highest BCUT2D eigenvalue weighted by Gasteiger charge is 2.31. The molecule has 2 aliphatic rings. The number of rotatable bonds is 2. The lowest BCUT2D eigenvalue weighted by Crippen LogP contribution is -2.27. The number of carbonyl (C=O) groups is 1. The molecule has 3 nitrogen and oxygen atoms in total. The number of nitrogens with one attached hydrogen (secondary N) is 1. The van der Waals surface area contributed by atoms with Crippen LogP contribution in [0.25, 0.3) is 22.8 Å². The Balaban J connectivity index is 1.74. The summed E-state index contributed by atoms with van der Waals surface area (Å²) in [5.41, 5.74) is 8.88. The lowest BCUT2D eigenvalue weighted by atomic mass is 9.86. The second kappa shape index (κ2) is 6.77. The molecule has 0 aromatic heterocycles. The molecule has 0 unspecified atom stereocenters. The quantitative estimate of drug-likeness (QED) is 0.659. The predicted octanol–water partition coefficient (Wildman–Crippen LogP) is 4.83. The molecule has 0 bridgehead atoms. The molecular formula is C25H22N2O. The molecule has 0 aliphatic carbocycles. The summed E-state index contributed by atoms with van der Waals surface area (Å²) >= 11 is 0. The van der Waals surface area contributed by atoms with Gasteiger partial charge in [-0.3, -0.25) is 4.79 Å². The smallest absolute Gasteiger partial charge is 0.256 e. The standard InChI is InChI=1S/C25H22N2O/c1-27-13-12-19-20(18-10-6-3-7-11-18)15-21-22(14-17-8-4-2-5-9-17)25(28)26-24(21)23(19)16-27/h2-11,14-15H,12-13,16H2,1H3,(H,26,28). The molecule has 0 atom stereocenters. The van der Waals surface area contributed by atoms with Crippen molar-refractivity contribution in [1.29, 1.82) is 0 Å². The molecule has 138 valence electrons. The van der Waals surface area contributed by atoms with Gasteiger partial charge in [0.1, 0.15) is 0 Å². The summed E-state index contributed by atoms with van der Waals surface area (Å²) in [6.45, 7) is 1.89. The van der Waals surface area contributed by atoms with Crippen molar-refractivity contribution in [1.82, 2.24) is 4.90 Å². The molecular weight excluding hydrogens is 344 g/mol. The Morgan fingerprint density at radius 1 is 0.929 bits per heavy atom. The number of likely N-dealkylation sites (N-methyl/N-ethyl adjacent to an activating group) is 1. The summed E-state index contributed by atoms with van der Waals surface area (Å²) in [5.74, 6) is -0.0144. The highest BCUT2D eigenvalue weighted by molar-refractivity contribution is 6.35. The average Bonchev–Trinajstić information content (AvgIpc) is 3.04. The number of fused-ring (bicyclic) bond motifs is 3. The molecule has 3 aromatic rings. The van der Waals surface area contributed by atoms with Gasteiger partial charge in [0.15, 0.2) is 0 Å². The van der Waals surface area contributed by atoms with Gasteiger partial charge in [0, 0.05) is 24.2 Å². The Kier molecular flexibility index (Phi) is 4.10. The van der Waals surface area contributed by atoms with Crippen molar-refractivity contribution in [2.45, 2.75) is 13.0 Å². The molecule has 28 heavy (non-hydrogen) atoms. The summed E-state index contributed by atoms with van der Waals surface area (Å²) in [4.78, 5) is 15.2. The van der Waals surface area contributed by atoms with E-state index in [4.69, 9.17) is 0 Å². The predicted molar refractivity (Wildman–Crippen MR) is 115 cm³/mol. The third-order valence-electron chi connectivity index (χ3n) is 5.69. The Morgan fingerprint density at radius 3 is 2.39 bits per heavy atom. The number of amides is 1.